The third-order valence-electron chi connectivity index (χ3n) is 8.11. The van der Waals surface area contributed by atoms with Gasteiger partial charge in [0.05, 0.1) is 5.52 Å². The number of aromatic nitrogens is 6. The summed E-state index contributed by atoms with van der Waals surface area (Å²) in [4.78, 5) is 33.4. The van der Waals surface area contributed by atoms with Crippen LogP contribution in [-0.4, -0.2) is 43.2 Å². The van der Waals surface area contributed by atoms with Gasteiger partial charge in [-0.15, -0.1) is 10.2 Å². The van der Waals surface area contributed by atoms with E-state index in [0.29, 0.717) is 28.4 Å². The predicted octanol–water partition coefficient (Wildman–Crippen LogP) is 6.98. The molecule has 0 spiro atoms. The summed E-state index contributed by atoms with van der Waals surface area (Å²) in [6.45, 7) is 1.59. The largest absolute Gasteiger partial charge is 0.423 e. The second-order valence-electron chi connectivity index (χ2n) is 11.2. The van der Waals surface area contributed by atoms with Crippen molar-refractivity contribution in [1.29, 1.82) is 0 Å². The highest BCUT2D eigenvalue weighted by molar-refractivity contribution is 7.98. The van der Waals surface area contributed by atoms with E-state index in [1.807, 2.05) is 42.5 Å². The third-order valence-corrected chi connectivity index (χ3v) is 8.82. The van der Waals surface area contributed by atoms with E-state index >= 15 is 0 Å². The molecule has 5 heterocycles. The van der Waals surface area contributed by atoms with Gasteiger partial charge < -0.3 is 18.5 Å². The Morgan fingerprint density at radius 3 is 2.55 bits per heavy atom. The van der Waals surface area contributed by atoms with Gasteiger partial charge in [0.15, 0.2) is 0 Å². The molecule has 0 aliphatic carbocycles. The van der Waals surface area contributed by atoms with Crippen molar-refractivity contribution >= 4 is 39.6 Å². The summed E-state index contributed by atoms with van der Waals surface area (Å²) in [6.07, 6.45) is 4.76. The molecule has 7 aromatic rings. The monoisotopic (exact) mass is 641 g/mol. The normalized spacial score (nSPS) is 13.7. The molecule has 0 atom stereocenters. The maximum absolute atomic E-state index is 12.7. The van der Waals surface area contributed by atoms with E-state index in [1.54, 1.807) is 30.5 Å². The number of anilines is 1. The Hall–Kier alpha value is -5.62. The molecule has 0 amide bonds. The Kier molecular flexibility index (Phi) is 7.75. The fraction of sp³-hybridized carbons (Fsp3) is 0.171. The molecule has 47 heavy (non-hydrogen) atoms. The Labute approximate surface area is 272 Å². The van der Waals surface area contributed by atoms with Crippen LogP contribution in [0.5, 0.6) is 11.8 Å². The zero-order valence-corrected chi connectivity index (χ0v) is 25.8. The zero-order valence-electron chi connectivity index (χ0n) is 25.0. The summed E-state index contributed by atoms with van der Waals surface area (Å²) in [7, 11) is 0. The molecule has 0 N–H and O–H groups in total. The van der Waals surface area contributed by atoms with Gasteiger partial charge in [0.25, 0.3) is 11.1 Å². The van der Waals surface area contributed by atoms with Crippen LogP contribution in [-0.2, 0) is 6.42 Å². The topological polar surface area (TPSA) is 133 Å². The lowest BCUT2D eigenvalue weighted by Gasteiger charge is -2.32. The van der Waals surface area contributed by atoms with Crippen molar-refractivity contribution in [2.75, 3.05) is 18.0 Å². The first-order chi connectivity index (χ1) is 23.1. The first-order valence-corrected chi connectivity index (χ1v) is 16.1. The van der Waals surface area contributed by atoms with E-state index in [2.05, 4.69) is 49.3 Å². The van der Waals surface area contributed by atoms with Crippen LogP contribution in [0.1, 0.15) is 18.4 Å². The fourth-order valence-electron chi connectivity index (χ4n) is 5.75. The molecule has 3 aromatic carbocycles. The number of rotatable bonds is 8. The standard InChI is InChI=1S/C35H27N7O4S/c43-31-26(21-24-10-4-7-13-28(24)44-31)30-40-41-35(46-30)47-34-38-32(42-18-15-23(16-19-42)20-22-8-2-1-3-9-22)37-33(39-34)45-29-14-17-36-27-12-6-5-11-25(27)29/h1-14,17,21,23H,15-16,18-20H2. The molecule has 11 nitrogen and oxygen atoms in total. The molecule has 8 rings (SSSR count). The highest BCUT2D eigenvalue weighted by Gasteiger charge is 2.24. The molecule has 0 radical (unpaired) electrons. The van der Waals surface area contributed by atoms with Gasteiger partial charge in [-0.1, -0.05) is 60.7 Å². The highest BCUT2D eigenvalue weighted by Crippen LogP contribution is 2.33. The minimum absolute atomic E-state index is 0.0431. The lowest BCUT2D eigenvalue weighted by atomic mass is 9.90. The number of ether oxygens (including phenoxy) is 1. The molecule has 232 valence electrons. The summed E-state index contributed by atoms with van der Waals surface area (Å²) >= 11 is 1.07. The smallest absolute Gasteiger partial charge is 0.349 e. The summed E-state index contributed by atoms with van der Waals surface area (Å²) in [5, 5.41) is 10.3. The Morgan fingerprint density at radius 1 is 0.851 bits per heavy atom. The maximum Gasteiger partial charge on any atom is 0.349 e. The molecular weight excluding hydrogens is 614 g/mol. The number of nitrogens with zero attached hydrogens (tertiary/aromatic N) is 7. The molecule has 1 aliphatic heterocycles. The minimum Gasteiger partial charge on any atom is -0.423 e. The van der Waals surface area contributed by atoms with Crippen molar-refractivity contribution < 1.29 is 13.6 Å². The van der Waals surface area contributed by atoms with Gasteiger partial charge in [-0.2, -0.15) is 15.0 Å². The van der Waals surface area contributed by atoms with Crippen molar-refractivity contribution in [3.63, 3.8) is 0 Å². The van der Waals surface area contributed by atoms with Crippen LogP contribution in [0.25, 0.3) is 33.3 Å². The summed E-state index contributed by atoms with van der Waals surface area (Å²) in [5.74, 6) is 1.70. The van der Waals surface area contributed by atoms with Gasteiger partial charge in [-0.05, 0) is 61.1 Å². The molecule has 1 fully saturated rings. The predicted molar refractivity (Wildman–Crippen MR) is 177 cm³/mol. The first kappa shape index (κ1) is 28.8. The van der Waals surface area contributed by atoms with Crippen molar-refractivity contribution in [3.8, 4) is 23.2 Å². The molecular formula is C35H27N7O4S. The molecule has 1 aliphatic rings. The average molecular weight is 642 g/mol. The van der Waals surface area contributed by atoms with Crippen LogP contribution in [0.3, 0.4) is 0 Å². The van der Waals surface area contributed by atoms with Crippen LogP contribution in [0, 0.1) is 5.92 Å². The number of para-hydroxylation sites is 2. The number of fused-ring (bicyclic) bond motifs is 2. The number of piperidine rings is 1. The van der Waals surface area contributed by atoms with E-state index in [0.717, 1.165) is 60.4 Å². The van der Waals surface area contributed by atoms with Gasteiger partial charge in [0.2, 0.25) is 11.1 Å². The minimum atomic E-state index is -0.567. The van der Waals surface area contributed by atoms with Gasteiger partial charge in [-0.3, -0.25) is 4.98 Å². The van der Waals surface area contributed by atoms with Gasteiger partial charge in [0.1, 0.15) is 16.9 Å². The molecule has 1 saturated heterocycles. The lowest BCUT2D eigenvalue weighted by Crippen LogP contribution is -2.35. The quantitative estimate of drug-likeness (QED) is 0.159. The van der Waals surface area contributed by atoms with Crippen molar-refractivity contribution in [2.24, 2.45) is 5.92 Å². The zero-order chi connectivity index (χ0) is 31.6. The number of hydrogen-bond donors (Lipinski definition) is 0. The van der Waals surface area contributed by atoms with Crippen LogP contribution >= 0.6 is 11.8 Å². The van der Waals surface area contributed by atoms with Crippen LogP contribution in [0.4, 0.5) is 5.95 Å². The van der Waals surface area contributed by atoms with Gasteiger partial charge in [0, 0.05) is 41.8 Å². The van der Waals surface area contributed by atoms with E-state index < -0.39 is 5.63 Å². The number of hydrogen-bond acceptors (Lipinski definition) is 12. The highest BCUT2D eigenvalue weighted by atomic mass is 32.2. The molecule has 0 bridgehead atoms. The Morgan fingerprint density at radius 2 is 1.66 bits per heavy atom. The second kappa shape index (κ2) is 12.6. The van der Waals surface area contributed by atoms with E-state index in [9.17, 15) is 4.79 Å². The van der Waals surface area contributed by atoms with Gasteiger partial charge >= 0.3 is 11.6 Å². The molecule has 4 aromatic heterocycles. The summed E-state index contributed by atoms with van der Waals surface area (Å²) in [5.41, 5.74) is 2.23. The summed E-state index contributed by atoms with van der Waals surface area (Å²) in [6, 6.07) is 29.1. The van der Waals surface area contributed by atoms with Crippen LogP contribution < -0.4 is 15.3 Å². The Balaban J connectivity index is 1.08. The van der Waals surface area contributed by atoms with Crippen molar-refractivity contribution in [1.82, 2.24) is 30.1 Å². The van der Waals surface area contributed by atoms with Gasteiger partial charge in [-0.25, -0.2) is 4.79 Å². The molecule has 0 saturated carbocycles. The maximum atomic E-state index is 12.7. The Bertz CT molecular complexity index is 2250. The second-order valence-corrected chi connectivity index (χ2v) is 12.1. The molecule has 12 heteroatoms. The van der Waals surface area contributed by atoms with E-state index in [-0.39, 0.29) is 22.7 Å². The fourth-order valence-corrected chi connectivity index (χ4v) is 6.36. The van der Waals surface area contributed by atoms with Crippen LogP contribution in [0.2, 0.25) is 0 Å². The number of benzene rings is 3. The first-order valence-electron chi connectivity index (χ1n) is 15.3. The van der Waals surface area contributed by atoms with E-state index in [4.69, 9.17) is 23.5 Å². The average Bonchev–Trinajstić information content (AvgIpc) is 3.57. The molecule has 0 unspecified atom stereocenters. The van der Waals surface area contributed by atoms with Crippen molar-refractivity contribution in [2.45, 2.75) is 29.6 Å². The third kappa shape index (κ3) is 6.27. The SMILES string of the molecule is O=c1oc2ccccc2cc1-c1nnc(Sc2nc(Oc3ccnc4ccccc34)nc(N3CCC(Cc4ccccc4)CC3)n2)o1. The number of pyridine rings is 1. The van der Waals surface area contributed by atoms with Crippen molar-refractivity contribution in [3.05, 3.63) is 113 Å². The van der Waals surface area contributed by atoms with Crippen LogP contribution in [0.15, 0.2) is 121 Å². The summed E-state index contributed by atoms with van der Waals surface area (Å²) < 4.78 is 17.6. The lowest BCUT2D eigenvalue weighted by molar-refractivity contribution is 0.395. The van der Waals surface area contributed by atoms with E-state index in [1.165, 1.54) is 5.56 Å².